The van der Waals surface area contributed by atoms with Crippen LogP contribution in [0.5, 0.6) is 0 Å². The molecular weight excluding hydrogens is 712 g/mol. The number of rotatable bonds is 10. The number of ether oxygens (including phenoxy) is 4. The lowest BCUT2D eigenvalue weighted by atomic mass is 9.35. The SMILES string of the molecule is CC(C)=CCC[C@@](C)(O)[C@@H]1CC[C@@]2(C)[C@H]1[C@H](O)C[C@H]1[C@]3(C)CC[C@@H](O[C@H]4O[C@@H](CO)[C@H](O)[C@@H](O)[C@@H]4O[C@@H]4O[C@H](CO)[C@H](O)[C@@H](O)[C@@H]4O)C(C)(C)[C@@H]3CC[C@]12C. The number of hydrogen-bond acceptors (Lipinski definition) is 13. The normalized spacial score (nSPS) is 52.0. The molecule has 0 radical (unpaired) electrons. The summed E-state index contributed by atoms with van der Waals surface area (Å²) in [5.41, 5.74) is -0.405. The topological polar surface area (TPSA) is 219 Å². The highest BCUT2D eigenvalue weighted by atomic mass is 16.8. The summed E-state index contributed by atoms with van der Waals surface area (Å²) in [6.45, 7) is 16.5. The fourth-order valence-electron chi connectivity index (χ4n) is 13.3. The van der Waals surface area contributed by atoms with Crippen molar-refractivity contribution in [1.29, 1.82) is 0 Å². The van der Waals surface area contributed by atoms with Gasteiger partial charge in [-0.25, -0.2) is 0 Å². The monoisotopic (exact) mass is 784 g/mol. The summed E-state index contributed by atoms with van der Waals surface area (Å²) in [5, 5.41) is 97.4. The van der Waals surface area contributed by atoms with Crippen molar-refractivity contribution in [2.75, 3.05) is 13.2 Å². The Balaban J connectivity index is 1.23. The van der Waals surface area contributed by atoms with E-state index in [1.54, 1.807) is 0 Å². The average Bonchev–Trinajstić information content (AvgIpc) is 3.50. The van der Waals surface area contributed by atoms with Gasteiger partial charge in [-0.1, -0.05) is 46.3 Å². The van der Waals surface area contributed by atoms with E-state index in [9.17, 15) is 46.0 Å². The standard InChI is InChI=1S/C42H72O13/c1-21(2)10-9-14-42(8,51)22-11-16-41(7)29(22)23(45)18-27-39(5)15-13-28(38(3,4)26(39)12-17-40(27,41)6)54-37-35(33(49)31(47)25(20-44)53-37)55-36-34(50)32(48)30(46)24(19-43)52-36/h10,22-37,43-51H,9,11-20H2,1-8H3/t22-,23-,24-,25+,26+,27+,28-,29-,30+,31+,32-,33-,34+,35+,36+,37-,39-,40-,41+,42-/m1/s1. The molecular formula is C42H72O13. The molecule has 2 aliphatic heterocycles. The van der Waals surface area contributed by atoms with Crippen molar-refractivity contribution >= 4 is 0 Å². The molecule has 0 amide bonds. The minimum absolute atomic E-state index is 0.00798. The Morgan fingerprint density at radius 3 is 1.95 bits per heavy atom. The van der Waals surface area contributed by atoms with Gasteiger partial charge in [-0.2, -0.15) is 0 Å². The molecule has 0 unspecified atom stereocenters. The molecule has 4 aliphatic carbocycles. The highest BCUT2D eigenvalue weighted by Gasteiger charge is 2.71. The van der Waals surface area contributed by atoms with E-state index >= 15 is 0 Å². The fourth-order valence-corrected chi connectivity index (χ4v) is 13.3. The Morgan fingerprint density at radius 2 is 1.33 bits per heavy atom. The van der Waals surface area contributed by atoms with E-state index in [1.165, 1.54) is 5.57 Å². The van der Waals surface area contributed by atoms with Crippen LogP contribution in [0.1, 0.15) is 113 Å². The smallest absolute Gasteiger partial charge is 0.187 e. The van der Waals surface area contributed by atoms with Crippen LogP contribution in [0.3, 0.4) is 0 Å². The predicted octanol–water partition coefficient (Wildman–Crippen LogP) is 2.15. The Kier molecular flexibility index (Phi) is 12.5. The van der Waals surface area contributed by atoms with Gasteiger partial charge in [0.1, 0.15) is 48.8 Å². The third-order valence-corrected chi connectivity index (χ3v) is 16.6. The third kappa shape index (κ3) is 7.20. The molecule has 6 aliphatic rings. The molecule has 13 heteroatoms. The second-order valence-electron chi connectivity index (χ2n) is 20.1. The summed E-state index contributed by atoms with van der Waals surface area (Å²) in [4.78, 5) is 0. The number of fused-ring (bicyclic) bond motifs is 5. The fraction of sp³-hybridized carbons (Fsp3) is 0.952. The summed E-state index contributed by atoms with van der Waals surface area (Å²) in [6.07, 6.45) is -6.48. The van der Waals surface area contributed by atoms with Gasteiger partial charge in [-0.3, -0.25) is 0 Å². The zero-order chi connectivity index (χ0) is 40.6. The van der Waals surface area contributed by atoms with E-state index in [0.29, 0.717) is 19.3 Å². The zero-order valence-electron chi connectivity index (χ0n) is 34.3. The van der Waals surface area contributed by atoms with Crippen molar-refractivity contribution in [3.8, 4) is 0 Å². The van der Waals surface area contributed by atoms with E-state index in [-0.39, 0.29) is 39.9 Å². The first-order valence-corrected chi connectivity index (χ1v) is 20.9. The van der Waals surface area contributed by atoms with Gasteiger partial charge in [0.05, 0.1) is 31.0 Å². The van der Waals surface area contributed by atoms with Crippen molar-refractivity contribution < 1.29 is 64.9 Å². The highest BCUT2D eigenvalue weighted by molar-refractivity contribution is 5.20. The Morgan fingerprint density at radius 1 is 0.727 bits per heavy atom. The lowest BCUT2D eigenvalue weighted by Crippen LogP contribution is -2.68. The number of hydrogen-bond donors (Lipinski definition) is 9. The van der Waals surface area contributed by atoms with Crippen LogP contribution in [-0.2, 0) is 18.9 Å². The van der Waals surface area contributed by atoms with Crippen LogP contribution in [0.15, 0.2) is 11.6 Å². The molecule has 4 saturated carbocycles. The van der Waals surface area contributed by atoms with Gasteiger partial charge in [0.2, 0.25) is 0 Å². The van der Waals surface area contributed by atoms with Gasteiger partial charge >= 0.3 is 0 Å². The predicted molar refractivity (Wildman–Crippen MR) is 201 cm³/mol. The lowest BCUT2D eigenvalue weighted by molar-refractivity contribution is -0.378. The van der Waals surface area contributed by atoms with Crippen molar-refractivity contribution in [2.45, 2.75) is 192 Å². The van der Waals surface area contributed by atoms with Crippen molar-refractivity contribution in [3.63, 3.8) is 0 Å². The van der Waals surface area contributed by atoms with Crippen molar-refractivity contribution in [1.82, 2.24) is 0 Å². The van der Waals surface area contributed by atoms with E-state index < -0.39 is 97.8 Å². The second kappa shape index (κ2) is 15.7. The zero-order valence-corrected chi connectivity index (χ0v) is 34.3. The van der Waals surface area contributed by atoms with Crippen molar-refractivity contribution in [3.05, 3.63) is 11.6 Å². The van der Waals surface area contributed by atoms with Crippen LogP contribution in [0.25, 0.3) is 0 Å². The van der Waals surface area contributed by atoms with Crippen LogP contribution >= 0.6 is 0 Å². The van der Waals surface area contributed by atoms with Crippen LogP contribution in [0.2, 0.25) is 0 Å². The Bertz CT molecular complexity index is 1370. The summed E-state index contributed by atoms with van der Waals surface area (Å²) >= 11 is 0. The molecule has 318 valence electrons. The Hall–Kier alpha value is -0.780. The van der Waals surface area contributed by atoms with Crippen LogP contribution in [0, 0.1) is 45.3 Å². The summed E-state index contributed by atoms with van der Waals surface area (Å²) < 4.78 is 24.4. The van der Waals surface area contributed by atoms with Crippen molar-refractivity contribution in [2.24, 2.45) is 45.3 Å². The van der Waals surface area contributed by atoms with E-state index in [4.69, 9.17) is 18.9 Å². The summed E-state index contributed by atoms with van der Waals surface area (Å²) in [7, 11) is 0. The van der Waals surface area contributed by atoms with Gasteiger partial charge in [0.25, 0.3) is 0 Å². The molecule has 13 nitrogen and oxygen atoms in total. The number of aliphatic hydroxyl groups is 9. The van der Waals surface area contributed by atoms with E-state index in [2.05, 4.69) is 54.5 Å². The van der Waals surface area contributed by atoms with Gasteiger partial charge in [0.15, 0.2) is 12.6 Å². The van der Waals surface area contributed by atoms with Crippen LogP contribution < -0.4 is 0 Å². The van der Waals surface area contributed by atoms with Gasteiger partial charge in [0, 0.05) is 0 Å². The highest BCUT2D eigenvalue weighted by Crippen LogP contribution is 2.76. The lowest BCUT2D eigenvalue weighted by Gasteiger charge is -2.70. The first-order valence-electron chi connectivity index (χ1n) is 20.9. The minimum Gasteiger partial charge on any atom is -0.394 e. The molecule has 0 aromatic carbocycles. The maximum atomic E-state index is 12.2. The molecule has 2 heterocycles. The largest absolute Gasteiger partial charge is 0.394 e. The molecule has 0 aromatic heterocycles. The van der Waals surface area contributed by atoms with Crippen LogP contribution in [-0.4, -0.2) is 138 Å². The van der Waals surface area contributed by atoms with E-state index in [1.807, 2.05) is 6.92 Å². The summed E-state index contributed by atoms with van der Waals surface area (Å²) in [6, 6.07) is 0. The molecule has 0 aromatic rings. The maximum Gasteiger partial charge on any atom is 0.187 e. The molecule has 0 bridgehead atoms. The molecule has 2 saturated heterocycles. The third-order valence-electron chi connectivity index (χ3n) is 16.6. The number of allylic oxidation sites excluding steroid dienone is 2. The number of aliphatic hydroxyl groups excluding tert-OH is 8. The quantitative estimate of drug-likeness (QED) is 0.115. The first kappa shape index (κ1) is 43.8. The minimum atomic E-state index is -1.75. The average molecular weight is 785 g/mol. The Labute approximate surface area is 327 Å². The van der Waals surface area contributed by atoms with Gasteiger partial charge in [-0.05, 0) is 124 Å². The second-order valence-corrected chi connectivity index (χ2v) is 20.1. The molecule has 0 spiro atoms. The van der Waals surface area contributed by atoms with Crippen LogP contribution in [0.4, 0.5) is 0 Å². The van der Waals surface area contributed by atoms with Gasteiger partial charge in [-0.15, -0.1) is 0 Å². The molecule has 6 rings (SSSR count). The molecule has 9 N–H and O–H groups in total. The maximum absolute atomic E-state index is 12.2. The molecule has 55 heavy (non-hydrogen) atoms. The molecule has 20 atom stereocenters. The van der Waals surface area contributed by atoms with Gasteiger partial charge < -0.3 is 64.9 Å². The summed E-state index contributed by atoms with van der Waals surface area (Å²) in [5.74, 6) is 0.445. The first-order chi connectivity index (χ1) is 25.6. The molecule has 6 fully saturated rings. The van der Waals surface area contributed by atoms with E-state index in [0.717, 1.165) is 38.5 Å².